The van der Waals surface area contributed by atoms with E-state index >= 15 is 0 Å². The second-order valence-corrected chi connectivity index (χ2v) is 7.73. The van der Waals surface area contributed by atoms with Crippen molar-refractivity contribution < 1.29 is 14.3 Å². The third kappa shape index (κ3) is 5.64. The number of methoxy groups -OCH3 is 1. The number of halogens is 1. The van der Waals surface area contributed by atoms with E-state index in [1.165, 1.54) is 6.20 Å². The van der Waals surface area contributed by atoms with Gasteiger partial charge in [0, 0.05) is 11.6 Å². The summed E-state index contributed by atoms with van der Waals surface area (Å²) in [4.78, 5) is 24.9. The molecule has 0 atom stereocenters. The summed E-state index contributed by atoms with van der Waals surface area (Å²) in [5.74, 6) is 0.175. The number of carbonyl (C=O) groups excluding carboxylic acids is 2. The van der Waals surface area contributed by atoms with Crippen LogP contribution in [0.4, 0.5) is 0 Å². The molecule has 0 aliphatic heterocycles. The number of benzene rings is 2. The van der Waals surface area contributed by atoms with Crippen LogP contribution < -0.4 is 15.4 Å². The Morgan fingerprint density at radius 3 is 2.35 bits per heavy atom. The molecule has 1 aromatic heterocycles. The maximum absolute atomic E-state index is 12.7. The Kier molecular flexibility index (Phi) is 7.31. The predicted molar refractivity (Wildman–Crippen MR) is 120 cm³/mol. The van der Waals surface area contributed by atoms with Crippen molar-refractivity contribution in [2.45, 2.75) is 26.3 Å². The van der Waals surface area contributed by atoms with Gasteiger partial charge in [-0.2, -0.15) is 5.10 Å². The first-order valence-corrected chi connectivity index (χ1v) is 10.3. The largest absolute Gasteiger partial charge is 0.497 e. The van der Waals surface area contributed by atoms with Gasteiger partial charge in [0.2, 0.25) is 5.91 Å². The summed E-state index contributed by atoms with van der Waals surface area (Å²) in [6, 6.07) is 14.6. The van der Waals surface area contributed by atoms with Crippen molar-refractivity contribution >= 4 is 23.4 Å². The molecule has 2 N–H and O–H groups in total. The lowest BCUT2D eigenvalue weighted by Crippen LogP contribution is -2.36. The molecule has 0 aliphatic rings. The van der Waals surface area contributed by atoms with Gasteiger partial charge in [0.05, 0.1) is 36.8 Å². The van der Waals surface area contributed by atoms with E-state index in [0.717, 1.165) is 22.7 Å². The van der Waals surface area contributed by atoms with Crippen molar-refractivity contribution in [1.82, 2.24) is 20.4 Å². The Labute approximate surface area is 186 Å². The molecule has 2 aromatic carbocycles. The normalized spacial score (nSPS) is 10.7. The zero-order valence-corrected chi connectivity index (χ0v) is 18.4. The zero-order chi connectivity index (χ0) is 22.4. The smallest absolute Gasteiger partial charge is 0.255 e. The summed E-state index contributed by atoms with van der Waals surface area (Å²) in [7, 11) is 1.60. The van der Waals surface area contributed by atoms with Crippen molar-refractivity contribution in [1.29, 1.82) is 0 Å². The number of carbonyl (C=O) groups is 2. The van der Waals surface area contributed by atoms with Gasteiger partial charge in [0.15, 0.2) is 0 Å². The van der Waals surface area contributed by atoms with E-state index in [0.29, 0.717) is 17.1 Å². The minimum absolute atomic E-state index is 0.0443. The fourth-order valence-corrected chi connectivity index (χ4v) is 3.26. The fourth-order valence-electron chi connectivity index (χ4n) is 3.14. The maximum atomic E-state index is 12.7. The topological polar surface area (TPSA) is 85.2 Å². The van der Waals surface area contributed by atoms with Gasteiger partial charge in [-0.3, -0.25) is 9.59 Å². The van der Waals surface area contributed by atoms with Crippen LogP contribution in [-0.4, -0.2) is 35.2 Å². The quantitative estimate of drug-likeness (QED) is 0.559. The first kappa shape index (κ1) is 22.4. The number of ether oxygens (including phenoxy) is 1. The van der Waals surface area contributed by atoms with Gasteiger partial charge < -0.3 is 15.4 Å². The first-order valence-electron chi connectivity index (χ1n) is 9.90. The van der Waals surface area contributed by atoms with Crippen LogP contribution in [0.5, 0.6) is 5.75 Å². The molecule has 3 rings (SSSR count). The molecule has 0 saturated carbocycles. The number of aromatic nitrogens is 2. The Morgan fingerprint density at radius 1 is 1.06 bits per heavy atom. The van der Waals surface area contributed by atoms with Crippen LogP contribution in [-0.2, 0) is 11.3 Å². The van der Waals surface area contributed by atoms with E-state index in [9.17, 15) is 9.59 Å². The second-order valence-electron chi connectivity index (χ2n) is 7.29. The standard InChI is InChI=1S/C23H25ClN4O3/c1-15(2)22-20(13-27-28(22)18-8-6-17(24)7-9-18)23(30)26-14-21(29)25-12-16-4-10-19(31-3)11-5-16/h4-11,13,15H,12,14H2,1-3H3,(H,25,29)(H,26,30). The highest BCUT2D eigenvalue weighted by molar-refractivity contribution is 6.30. The maximum Gasteiger partial charge on any atom is 0.255 e. The van der Waals surface area contributed by atoms with Crippen molar-refractivity contribution in [2.24, 2.45) is 0 Å². The van der Waals surface area contributed by atoms with Crippen molar-refractivity contribution in [2.75, 3.05) is 13.7 Å². The predicted octanol–water partition coefficient (Wildman–Crippen LogP) is 3.70. The molecule has 0 saturated heterocycles. The summed E-state index contributed by atoms with van der Waals surface area (Å²) in [5.41, 5.74) is 2.95. The monoisotopic (exact) mass is 440 g/mol. The van der Waals surface area contributed by atoms with Gasteiger partial charge in [0.1, 0.15) is 5.75 Å². The van der Waals surface area contributed by atoms with Crippen molar-refractivity contribution in [3.8, 4) is 11.4 Å². The SMILES string of the molecule is COc1ccc(CNC(=O)CNC(=O)c2cnn(-c3ccc(Cl)cc3)c2C(C)C)cc1. The van der Waals surface area contributed by atoms with Gasteiger partial charge in [-0.05, 0) is 47.9 Å². The number of hydrogen-bond acceptors (Lipinski definition) is 4. The molecule has 8 heteroatoms. The lowest BCUT2D eigenvalue weighted by atomic mass is 10.1. The average molecular weight is 441 g/mol. The van der Waals surface area contributed by atoms with Crippen LogP contribution in [0.1, 0.15) is 41.4 Å². The van der Waals surface area contributed by atoms with E-state index in [1.807, 2.05) is 50.2 Å². The van der Waals surface area contributed by atoms with Crippen LogP contribution in [0.15, 0.2) is 54.7 Å². The van der Waals surface area contributed by atoms with E-state index in [4.69, 9.17) is 16.3 Å². The van der Waals surface area contributed by atoms with Gasteiger partial charge in [-0.15, -0.1) is 0 Å². The summed E-state index contributed by atoms with van der Waals surface area (Å²) >= 11 is 5.97. The number of nitrogens with zero attached hydrogens (tertiary/aromatic N) is 2. The highest BCUT2D eigenvalue weighted by Crippen LogP contribution is 2.24. The van der Waals surface area contributed by atoms with Gasteiger partial charge in [-0.25, -0.2) is 4.68 Å². The minimum Gasteiger partial charge on any atom is -0.497 e. The molecule has 0 radical (unpaired) electrons. The molecule has 31 heavy (non-hydrogen) atoms. The highest BCUT2D eigenvalue weighted by atomic mass is 35.5. The molecule has 7 nitrogen and oxygen atoms in total. The highest BCUT2D eigenvalue weighted by Gasteiger charge is 2.21. The Morgan fingerprint density at radius 2 is 1.74 bits per heavy atom. The summed E-state index contributed by atoms with van der Waals surface area (Å²) < 4.78 is 6.84. The molecule has 0 bridgehead atoms. The molecule has 0 spiro atoms. The van der Waals surface area contributed by atoms with Crippen LogP contribution >= 0.6 is 11.6 Å². The average Bonchev–Trinajstić information content (AvgIpc) is 3.22. The zero-order valence-electron chi connectivity index (χ0n) is 17.7. The molecule has 162 valence electrons. The first-order chi connectivity index (χ1) is 14.9. The Hall–Kier alpha value is -3.32. The molecule has 1 heterocycles. The lowest BCUT2D eigenvalue weighted by Gasteiger charge is -2.13. The second kappa shape index (κ2) is 10.1. The molecular formula is C23H25ClN4O3. The van der Waals surface area contributed by atoms with E-state index in [2.05, 4.69) is 15.7 Å². The minimum atomic E-state index is -0.344. The Balaban J connectivity index is 1.62. The third-order valence-electron chi connectivity index (χ3n) is 4.73. The molecule has 2 amide bonds. The molecule has 0 unspecified atom stereocenters. The van der Waals surface area contributed by atoms with Crippen molar-refractivity contribution in [3.05, 3.63) is 76.6 Å². The number of rotatable bonds is 8. The van der Waals surface area contributed by atoms with Crippen LogP contribution in [0, 0.1) is 0 Å². The molecular weight excluding hydrogens is 416 g/mol. The third-order valence-corrected chi connectivity index (χ3v) is 4.98. The Bertz CT molecular complexity index is 1040. The van der Waals surface area contributed by atoms with E-state index < -0.39 is 0 Å². The van der Waals surface area contributed by atoms with Crippen molar-refractivity contribution in [3.63, 3.8) is 0 Å². The molecule has 0 fully saturated rings. The van der Waals surface area contributed by atoms with Gasteiger partial charge in [0.25, 0.3) is 5.91 Å². The number of hydrogen-bond donors (Lipinski definition) is 2. The lowest BCUT2D eigenvalue weighted by molar-refractivity contribution is -0.120. The van der Waals surface area contributed by atoms with Gasteiger partial charge in [-0.1, -0.05) is 37.6 Å². The van der Waals surface area contributed by atoms with Crippen LogP contribution in [0.25, 0.3) is 5.69 Å². The summed E-state index contributed by atoms with van der Waals surface area (Å²) in [6.45, 7) is 4.21. The number of nitrogens with one attached hydrogen (secondary N) is 2. The van der Waals surface area contributed by atoms with E-state index in [-0.39, 0.29) is 24.3 Å². The van der Waals surface area contributed by atoms with E-state index in [1.54, 1.807) is 23.9 Å². The van der Waals surface area contributed by atoms with Crippen LogP contribution in [0.3, 0.4) is 0 Å². The van der Waals surface area contributed by atoms with Crippen LogP contribution in [0.2, 0.25) is 5.02 Å². The fraction of sp³-hybridized carbons (Fsp3) is 0.261. The molecule has 0 aliphatic carbocycles. The summed E-state index contributed by atoms with van der Waals surface area (Å²) in [5, 5.41) is 10.5. The van der Waals surface area contributed by atoms with Gasteiger partial charge >= 0.3 is 0 Å². The molecule has 3 aromatic rings. The number of amides is 2. The summed E-state index contributed by atoms with van der Waals surface area (Å²) in [6.07, 6.45) is 1.52.